The lowest BCUT2D eigenvalue weighted by atomic mass is 10.4. The molecule has 0 unspecified atom stereocenters. The second-order valence-electron chi connectivity index (χ2n) is 4.54. The molecule has 0 aliphatic carbocycles. The zero-order chi connectivity index (χ0) is 17.7. The van der Waals surface area contributed by atoms with Crippen LogP contribution in [0.5, 0.6) is 0 Å². The first kappa shape index (κ1) is 21.0. The number of hydrogen-bond donors (Lipinski definition) is 1. The van der Waals surface area contributed by atoms with E-state index in [-0.39, 0.29) is 32.3 Å². The van der Waals surface area contributed by atoms with Crippen LogP contribution < -0.4 is 0 Å². The largest absolute Gasteiger partial charge is 0.481 e. The van der Waals surface area contributed by atoms with Crippen molar-refractivity contribution in [2.45, 2.75) is 39.0 Å². The number of hydroxylamine groups is 2. The van der Waals surface area contributed by atoms with Gasteiger partial charge in [-0.05, 0) is 6.42 Å². The average molecular weight is 333 g/mol. The number of imide groups is 1. The third-order valence-corrected chi connectivity index (χ3v) is 2.52. The van der Waals surface area contributed by atoms with Crippen molar-refractivity contribution in [3.8, 4) is 0 Å². The molecule has 1 heterocycles. The van der Waals surface area contributed by atoms with E-state index in [9.17, 15) is 19.2 Å². The van der Waals surface area contributed by atoms with Gasteiger partial charge in [0.15, 0.2) is 0 Å². The highest BCUT2D eigenvalue weighted by atomic mass is 16.7. The van der Waals surface area contributed by atoms with Crippen molar-refractivity contribution in [1.29, 1.82) is 0 Å². The van der Waals surface area contributed by atoms with E-state index in [0.29, 0.717) is 18.3 Å². The zero-order valence-electron chi connectivity index (χ0n) is 13.4. The van der Waals surface area contributed by atoms with Crippen LogP contribution in [-0.2, 0) is 33.5 Å². The van der Waals surface area contributed by atoms with Gasteiger partial charge >= 0.3 is 11.9 Å². The lowest BCUT2D eigenvalue weighted by Crippen LogP contribution is -2.32. The number of ether oxygens (including phenoxy) is 2. The fourth-order valence-corrected chi connectivity index (χ4v) is 1.40. The molecule has 1 aliphatic heterocycles. The van der Waals surface area contributed by atoms with Crippen molar-refractivity contribution < 1.29 is 38.6 Å². The number of carbonyl (C=O) groups is 4. The highest BCUT2D eigenvalue weighted by Crippen LogP contribution is 2.12. The second-order valence-corrected chi connectivity index (χ2v) is 4.54. The first-order valence-corrected chi connectivity index (χ1v) is 7.27. The minimum absolute atomic E-state index is 0.0214. The molecule has 9 heteroatoms. The van der Waals surface area contributed by atoms with Gasteiger partial charge in [0.05, 0.1) is 26.1 Å². The number of nitrogens with zero attached hydrogens (tertiary/aromatic N) is 1. The van der Waals surface area contributed by atoms with E-state index < -0.39 is 23.8 Å². The van der Waals surface area contributed by atoms with Crippen LogP contribution in [0.3, 0.4) is 0 Å². The fourth-order valence-electron chi connectivity index (χ4n) is 1.40. The van der Waals surface area contributed by atoms with E-state index in [4.69, 9.17) is 9.84 Å². The van der Waals surface area contributed by atoms with Gasteiger partial charge in [0, 0.05) is 26.6 Å². The van der Waals surface area contributed by atoms with Crippen molar-refractivity contribution >= 4 is 23.8 Å². The summed E-state index contributed by atoms with van der Waals surface area (Å²) < 4.78 is 9.55. The van der Waals surface area contributed by atoms with Crippen molar-refractivity contribution in [3.63, 3.8) is 0 Å². The first-order valence-electron chi connectivity index (χ1n) is 7.27. The molecule has 1 N–H and O–H groups in total. The molecule has 0 radical (unpaired) electrons. The van der Waals surface area contributed by atoms with Gasteiger partial charge in [-0.2, -0.15) is 0 Å². The quantitative estimate of drug-likeness (QED) is 0.479. The minimum Gasteiger partial charge on any atom is -0.481 e. The molecule has 0 aromatic rings. The molecule has 1 fully saturated rings. The molecule has 1 saturated heterocycles. The summed E-state index contributed by atoms with van der Waals surface area (Å²) in [5.41, 5.74) is 0. The highest BCUT2D eigenvalue weighted by molar-refractivity contribution is 6.01. The maximum absolute atomic E-state index is 11.0. The molecule has 1 aliphatic rings. The molecular weight excluding hydrogens is 310 g/mol. The number of hydrogen-bond acceptors (Lipinski definition) is 7. The predicted molar refractivity (Wildman–Crippen MR) is 77.0 cm³/mol. The predicted octanol–water partition coefficient (Wildman–Crippen LogP) is 0.518. The first-order chi connectivity index (χ1) is 10.9. The summed E-state index contributed by atoms with van der Waals surface area (Å²) in [6.45, 7) is 3.19. The molecule has 0 atom stereocenters. The van der Waals surface area contributed by atoms with Crippen LogP contribution in [0.1, 0.15) is 39.0 Å². The Bertz CT molecular complexity index is 394. The van der Waals surface area contributed by atoms with Gasteiger partial charge < -0.3 is 19.4 Å². The Morgan fingerprint density at radius 3 is 2.17 bits per heavy atom. The maximum atomic E-state index is 11.0. The molecule has 9 nitrogen and oxygen atoms in total. The molecule has 0 spiro atoms. The smallest absolute Gasteiger partial charge is 0.335 e. The van der Waals surface area contributed by atoms with Crippen LogP contribution in [0.25, 0.3) is 0 Å². The average Bonchev–Trinajstić information content (AvgIpc) is 2.82. The van der Waals surface area contributed by atoms with E-state index in [1.807, 2.05) is 6.92 Å². The number of carboxylic acid groups (broad SMARTS) is 1. The van der Waals surface area contributed by atoms with Gasteiger partial charge in [-0.1, -0.05) is 6.92 Å². The number of carbonyl (C=O) groups excluding carboxylic acids is 3. The van der Waals surface area contributed by atoms with E-state index in [1.165, 1.54) is 7.11 Å². The standard InChI is InChI=1S/C8H11NO5.C6H12O3/c1-13-5-4-8(12)14-9-6(10)2-3-7(9)11;1-2-4-9-5-3-6(7)8/h2-5H2,1H3;2-5H2,1H3,(H,7,8). The molecule has 132 valence electrons. The Hall–Kier alpha value is -2.00. The van der Waals surface area contributed by atoms with Crippen molar-refractivity contribution in [1.82, 2.24) is 5.06 Å². The molecule has 0 aromatic carbocycles. The van der Waals surface area contributed by atoms with Gasteiger partial charge in [-0.15, -0.1) is 5.06 Å². The summed E-state index contributed by atoms with van der Waals surface area (Å²) in [7, 11) is 1.44. The summed E-state index contributed by atoms with van der Waals surface area (Å²) in [5.74, 6) is -2.39. The van der Waals surface area contributed by atoms with Crippen LogP contribution in [-0.4, -0.2) is 60.9 Å². The van der Waals surface area contributed by atoms with Gasteiger partial charge in [-0.25, -0.2) is 4.79 Å². The summed E-state index contributed by atoms with van der Waals surface area (Å²) in [6, 6.07) is 0. The number of aliphatic carboxylic acids is 1. The third kappa shape index (κ3) is 10.4. The van der Waals surface area contributed by atoms with Crippen LogP contribution in [0.2, 0.25) is 0 Å². The van der Waals surface area contributed by atoms with E-state index in [1.54, 1.807) is 0 Å². The Morgan fingerprint density at radius 2 is 1.70 bits per heavy atom. The summed E-state index contributed by atoms with van der Waals surface area (Å²) in [6.07, 6.45) is 1.29. The molecular formula is C14H23NO8. The van der Waals surface area contributed by atoms with Crippen molar-refractivity contribution in [2.24, 2.45) is 0 Å². The second kappa shape index (κ2) is 12.5. The summed E-state index contributed by atoms with van der Waals surface area (Å²) >= 11 is 0. The molecule has 23 heavy (non-hydrogen) atoms. The van der Waals surface area contributed by atoms with Crippen LogP contribution >= 0.6 is 0 Å². The van der Waals surface area contributed by atoms with Gasteiger partial charge in [0.1, 0.15) is 0 Å². The Morgan fingerprint density at radius 1 is 1.09 bits per heavy atom. The zero-order valence-corrected chi connectivity index (χ0v) is 13.4. The molecule has 0 saturated carbocycles. The topological polar surface area (TPSA) is 119 Å². The van der Waals surface area contributed by atoms with Crippen LogP contribution in [0.15, 0.2) is 0 Å². The molecule has 0 bridgehead atoms. The van der Waals surface area contributed by atoms with Crippen LogP contribution in [0.4, 0.5) is 0 Å². The Balaban J connectivity index is 0.000000468. The Labute approximate surface area is 134 Å². The van der Waals surface area contributed by atoms with Gasteiger partial charge in [-0.3, -0.25) is 14.4 Å². The third-order valence-electron chi connectivity index (χ3n) is 2.52. The number of methoxy groups -OCH3 is 1. The number of carboxylic acids is 1. The number of amides is 2. The molecule has 0 aromatic heterocycles. The number of rotatable bonds is 9. The van der Waals surface area contributed by atoms with Crippen molar-refractivity contribution in [2.75, 3.05) is 26.9 Å². The van der Waals surface area contributed by atoms with Crippen LogP contribution in [0, 0.1) is 0 Å². The monoisotopic (exact) mass is 333 g/mol. The lowest BCUT2D eigenvalue weighted by Gasteiger charge is -2.11. The fraction of sp³-hybridized carbons (Fsp3) is 0.714. The highest BCUT2D eigenvalue weighted by Gasteiger charge is 2.32. The SMILES string of the molecule is CCCOCCC(=O)O.COCCC(=O)ON1C(=O)CCC1=O. The summed E-state index contributed by atoms with van der Waals surface area (Å²) in [4.78, 5) is 47.4. The molecule has 1 rings (SSSR count). The minimum atomic E-state index is -0.800. The van der Waals surface area contributed by atoms with Gasteiger partial charge in [0.2, 0.25) is 0 Å². The normalized spacial score (nSPS) is 13.6. The van der Waals surface area contributed by atoms with Gasteiger partial charge in [0.25, 0.3) is 11.8 Å². The van der Waals surface area contributed by atoms with E-state index in [2.05, 4.69) is 9.57 Å². The summed E-state index contributed by atoms with van der Waals surface area (Å²) in [5, 5.41) is 8.66. The van der Waals surface area contributed by atoms with Crippen molar-refractivity contribution in [3.05, 3.63) is 0 Å². The molecule has 2 amide bonds. The Kier molecular flexibility index (Phi) is 11.4. The lowest BCUT2D eigenvalue weighted by molar-refractivity contribution is -0.198. The maximum Gasteiger partial charge on any atom is 0.335 e. The van der Waals surface area contributed by atoms with E-state index in [0.717, 1.165) is 6.42 Å². The van der Waals surface area contributed by atoms with E-state index >= 15 is 0 Å².